The number of rotatable bonds is 9. The monoisotopic (exact) mass is 404 g/mol. The number of hydrogen-bond acceptors (Lipinski definition) is 6. The topological polar surface area (TPSA) is 60.0 Å². The molecule has 2 aromatic rings. The van der Waals surface area contributed by atoms with Crippen molar-refractivity contribution in [3.8, 4) is 17.2 Å². The molecule has 0 aliphatic carbocycles. The average Bonchev–Trinajstić information content (AvgIpc) is 3.42. The number of nitrogens with zero attached hydrogens (tertiary/aromatic N) is 1. The zero-order valence-corrected chi connectivity index (χ0v) is 17.5. The Bertz CT molecular complexity index is 748. The largest absolute Gasteiger partial charge is 0.493 e. The predicted octanol–water partition coefficient (Wildman–Crippen LogP) is 3.27. The summed E-state index contributed by atoms with van der Waals surface area (Å²) in [6.45, 7) is 2.79. The van der Waals surface area contributed by atoms with Gasteiger partial charge in [-0.1, -0.05) is 6.07 Å². The highest BCUT2D eigenvalue weighted by atomic mass is 32.1. The number of likely N-dealkylation sites (tertiary alicyclic amines) is 1. The third-order valence-corrected chi connectivity index (χ3v) is 6.01. The smallest absolute Gasteiger partial charge is 0.224 e. The van der Waals surface area contributed by atoms with Crippen molar-refractivity contribution in [2.75, 3.05) is 41.0 Å². The minimum absolute atomic E-state index is 0.0185. The molecule has 152 valence electrons. The van der Waals surface area contributed by atoms with E-state index in [9.17, 15) is 4.79 Å². The molecule has 1 fully saturated rings. The molecule has 1 saturated heterocycles. The Morgan fingerprint density at radius 2 is 1.82 bits per heavy atom. The number of hydrogen-bond donors (Lipinski definition) is 1. The minimum atomic E-state index is -0.0185. The Morgan fingerprint density at radius 1 is 1.14 bits per heavy atom. The van der Waals surface area contributed by atoms with Crippen LogP contribution in [0, 0.1) is 0 Å². The second kappa shape index (κ2) is 9.80. The molecule has 1 atom stereocenters. The third kappa shape index (κ3) is 4.77. The number of carbonyl (C=O) groups excluding carboxylic acids is 1. The second-order valence-electron chi connectivity index (χ2n) is 6.79. The number of amides is 1. The molecule has 3 rings (SSSR count). The number of carbonyl (C=O) groups is 1. The Morgan fingerprint density at radius 3 is 2.36 bits per heavy atom. The Hall–Kier alpha value is -2.25. The molecule has 1 aromatic heterocycles. The summed E-state index contributed by atoms with van der Waals surface area (Å²) in [6.07, 6.45) is 2.70. The van der Waals surface area contributed by atoms with Crippen LogP contribution >= 0.6 is 11.3 Å². The van der Waals surface area contributed by atoms with E-state index in [2.05, 4.69) is 27.7 Å². The van der Waals surface area contributed by atoms with Gasteiger partial charge in [-0.05, 0) is 55.1 Å². The van der Waals surface area contributed by atoms with Gasteiger partial charge in [-0.2, -0.15) is 0 Å². The van der Waals surface area contributed by atoms with E-state index in [0.717, 1.165) is 18.7 Å². The molecule has 0 radical (unpaired) electrons. The van der Waals surface area contributed by atoms with Crippen molar-refractivity contribution in [3.05, 3.63) is 40.1 Å². The van der Waals surface area contributed by atoms with Gasteiger partial charge >= 0.3 is 0 Å². The van der Waals surface area contributed by atoms with Crippen LogP contribution in [0.15, 0.2) is 29.6 Å². The predicted molar refractivity (Wildman–Crippen MR) is 111 cm³/mol. The molecule has 0 spiro atoms. The fraction of sp³-hybridized carbons (Fsp3) is 0.476. The van der Waals surface area contributed by atoms with Crippen LogP contribution in [0.1, 0.15) is 29.3 Å². The summed E-state index contributed by atoms with van der Waals surface area (Å²) in [5.41, 5.74) is 0.820. The van der Waals surface area contributed by atoms with Crippen LogP contribution in [0.5, 0.6) is 17.2 Å². The van der Waals surface area contributed by atoms with E-state index < -0.39 is 0 Å². The van der Waals surface area contributed by atoms with Crippen LogP contribution in [0.3, 0.4) is 0 Å². The molecule has 1 aliphatic heterocycles. The summed E-state index contributed by atoms with van der Waals surface area (Å²) in [6, 6.07) is 8.10. The van der Waals surface area contributed by atoms with Gasteiger partial charge in [0.05, 0.1) is 33.8 Å². The quantitative estimate of drug-likeness (QED) is 0.695. The Labute approximate surface area is 170 Å². The maximum Gasteiger partial charge on any atom is 0.224 e. The first-order chi connectivity index (χ1) is 13.7. The molecule has 28 heavy (non-hydrogen) atoms. The molecule has 1 N–H and O–H groups in total. The summed E-state index contributed by atoms with van der Waals surface area (Å²) in [5, 5.41) is 5.21. The van der Waals surface area contributed by atoms with E-state index >= 15 is 0 Å². The van der Waals surface area contributed by atoms with Crippen LogP contribution in [-0.4, -0.2) is 51.8 Å². The van der Waals surface area contributed by atoms with E-state index in [1.807, 2.05) is 12.1 Å². The lowest BCUT2D eigenvalue weighted by Gasteiger charge is -2.27. The fourth-order valence-corrected chi connectivity index (χ4v) is 4.50. The zero-order chi connectivity index (χ0) is 19.9. The molecule has 1 aromatic carbocycles. The molecule has 0 saturated carbocycles. The highest BCUT2D eigenvalue weighted by molar-refractivity contribution is 7.10. The summed E-state index contributed by atoms with van der Waals surface area (Å²) in [4.78, 5) is 16.4. The van der Waals surface area contributed by atoms with Gasteiger partial charge in [-0.25, -0.2) is 0 Å². The van der Waals surface area contributed by atoms with Crippen LogP contribution in [-0.2, 0) is 11.2 Å². The molecule has 6 nitrogen and oxygen atoms in total. The molecule has 0 bridgehead atoms. The Balaban J connectivity index is 1.66. The molecular formula is C21H28N2O4S. The van der Waals surface area contributed by atoms with Crippen molar-refractivity contribution in [1.29, 1.82) is 0 Å². The van der Waals surface area contributed by atoms with E-state index in [1.54, 1.807) is 32.7 Å². The molecule has 0 unspecified atom stereocenters. The minimum Gasteiger partial charge on any atom is -0.493 e. The molecule has 7 heteroatoms. The second-order valence-corrected chi connectivity index (χ2v) is 7.77. The SMILES string of the molecule is COc1cc(CC(=O)NC[C@H](c2cccs2)N2CCCC2)cc(OC)c1OC. The van der Waals surface area contributed by atoms with Gasteiger partial charge in [0.1, 0.15) is 0 Å². The summed E-state index contributed by atoms with van der Waals surface area (Å²) in [7, 11) is 4.71. The van der Waals surface area contributed by atoms with Gasteiger partial charge < -0.3 is 19.5 Å². The maximum atomic E-state index is 12.6. The number of thiophene rings is 1. The van der Waals surface area contributed by atoms with Crippen LogP contribution < -0.4 is 19.5 Å². The first-order valence-corrected chi connectivity index (χ1v) is 10.4. The third-order valence-electron chi connectivity index (χ3n) is 5.03. The van der Waals surface area contributed by atoms with Crippen LogP contribution in [0.2, 0.25) is 0 Å². The van der Waals surface area contributed by atoms with Crippen molar-refractivity contribution in [1.82, 2.24) is 10.2 Å². The van der Waals surface area contributed by atoms with E-state index in [4.69, 9.17) is 14.2 Å². The van der Waals surface area contributed by atoms with Crippen LogP contribution in [0.4, 0.5) is 0 Å². The summed E-state index contributed by atoms with van der Waals surface area (Å²) < 4.78 is 16.1. The van der Waals surface area contributed by atoms with Crippen molar-refractivity contribution in [2.45, 2.75) is 25.3 Å². The van der Waals surface area contributed by atoms with Crippen molar-refractivity contribution >= 4 is 17.2 Å². The number of ether oxygens (including phenoxy) is 3. The van der Waals surface area contributed by atoms with Gasteiger partial charge in [-0.3, -0.25) is 9.69 Å². The maximum absolute atomic E-state index is 12.6. The van der Waals surface area contributed by atoms with Crippen molar-refractivity contribution in [2.24, 2.45) is 0 Å². The first-order valence-electron chi connectivity index (χ1n) is 9.49. The summed E-state index contributed by atoms with van der Waals surface area (Å²) >= 11 is 1.75. The van der Waals surface area contributed by atoms with Gasteiger partial charge in [0.15, 0.2) is 11.5 Å². The molecule has 1 amide bonds. The Kier molecular flexibility index (Phi) is 7.17. The normalized spacial score (nSPS) is 15.2. The van der Waals surface area contributed by atoms with Crippen LogP contribution in [0.25, 0.3) is 0 Å². The summed E-state index contributed by atoms with van der Waals surface area (Å²) in [5.74, 6) is 1.62. The highest BCUT2D eigenvalue weighted by Gasteiger charge is 2.24. The van der Waals surface area contributed by atoms with E-state index in [-0.39, 0.29) is 18.4 Å². The fourth-order valence-electron chi connectivity index (χ4n) is 3.64. The highest BCUT2D eigenvalue weighted by Crippen LogP contribution is 2.38. The van der Waals surface area contributed by atoms with Crippen molar-refractivity contribution in [3.63, 3.8) is 0 Å². The van der Waals surface area contributed by atoms with Crippen molar-refractivity contribution < 1.29 is 19.0 Å². The number of methoxy groups -OCH3 is 3. The standard InChI is InChI=1S/C21H28N2O4S/c1-25-17-11-15(12-18(26-2)21(17)27-3)13-20(24)22-14-16(19-7-6-10-28-19)23-8-4-5-9-23/h6-7,10-12,16H,4-5,8-9,13-14H2,1-3H3,(H,22,24)/t16-/m1/s1. The first kappa shape index (κ1) is 20.5. The van der Waals surface area contributed by atoms with Gasteiger partial charge in [0.2, 0.25) is 11.7 Å². The van der Waals surface area contributed by atoms with E-state index in [1.165, 1.54) is 17.7 Å². The average molecular weight is 405 g/mol. The molecule has 1 aliphatic rings. The molecule has 2 heterocycles. The van der Waals surface area contributed by atoms with Gasteiger partial charge in [-0.15, -0.1) is 11.3 Å². The van der Waals surface area contributed by atoms with Gasteiger partial charge in [0.25, 0.3) is 0 Å². The lowest BCUT2D eigenvalue weighted by Crippen LogP contribution is -2.37. The number of nitrogens with one attached hydrogen (secondary N) is 1. The van der Waals surface area contributed by atoms with E-state index in [0.29, 0.717) is 23.8 Å². The lowest BCUT2D eigenvalue weighted by atomic mass is 10.1. The zero-order valence-electron chi connectivity index (χ0n) is 16.7. The number of benzene rings is 1. The molecular weight excluding hydrogens is 376 g/mol. The van der Waals surface area contributed by atoms with Gasteiger partial charge in [0, 0.05) is 11.4 Å². The lowest BCUT2D eigenvalue weighted by molar-refractivity contribution is -0.120.